The molecule has 0 bridgehead atoms. The maximum atomic E-state index is 13.6. The first-order valence-electron chi connectivity index (χ1n) is 6.67. The lowest BCUT2D eigenvalue weighted by molar-refractivity contribution is 0.597. The Balaban J connectivity index is 2.46. The lowest BCUT2D eigenvalue weighted by atomic mass is 10.1. The summed E-state index contributed by atoms with van der Waals surface area (Å²) in [7, 11) is -3.47. The number of sulfonamides is 1. The summed E-state index contributed by atoms with van der Waals surface area (Å²) < 4.78 is 38.4. The Morgan fingerprint density at radius 3 is 2.35 bits per heavy atom. The van der Waals surface area contributed by atoms with E-state index in [1.807, 2.05) is 0 Å². The predicted molar refractivity (Wildman–Crippen MR) is 93.1 cm³/mol. The molecule has 0 aliphatic carbocycles. The van der Waals surface area contributed by atoms with E-state index in [1.165, 1.54) is 22.5 Å². The van der Waals surface area contributed by atoms with Gasteiger partial charge in [-0.05, 0) is 29.8 Å². The molecule has 0 fully saturated rings. The quantitative estimate of drug-likeness (QED) is 0.867. The number of hydrogen-bond acceptors (Lipinski definition) is 3. The highest BCUT2D eigenvalue weighted by Gasteiger charge is 2.18. The Labute approximate surface area is 144 Å². The normalized spacial score (nSPS) is 11.5. The van der Waals surface area contributed by atoms with Crippen LogP contribution in [-0.4, -0.2) is 27.8 Å². The van der Waals surface area contributed by atoms with Crippen LogP contribution in [0.25, 0.3) is 11.1 Å². The standard InChI is InChI=1S/C15H15Cl2FN2O2S/c1-23(21,22)20(7-6-19)11-3-4-12(14(17)9-11)10-2-5-13(16)15(18)8-10/h2-5,8-9H,6-7,19H2,1H3. The summed E-state index contributed by atoms with van der Waals surface area (Å²) in [6.07, 6.45) is 1.10. The molecule has 0 saturated heterocycles. The summed E-state index contributed by atoms with van der Waals surface area (Å²) in [6.45, 7) is 0.318. The second-order valence-corrected chi connectivity index (χ2v) is 7.64. The predicted octanol–water partition coefficient (Wildman–Crippen LogP) is 3.52. The van der Waals surface area contributed by atoms with Gasteiger partial charge in [-0.15, -0.1) is 0 Å². The smallest absolute Gasteiger partial charge is 0.232 e. The van der Waals surface area contributed by atoms with Gasteiger partial charge in [0.05, 0.1) is 22.0 Å². The van der Waals surface area contributed by atoms with Gasteiger partial charge in [0.1, 0.15) is 5.82 Å². The van der Waals surface area contributed by atoms with Gasteiger partial charge in [-0.3, -0.25) is 4.31 Å². The summed E-state index contributed by atoms with van der Waals surface area (Å²) in [4.78, 5) is 0. The van der Waals surface area contributed by atoms with Crippen molar-refractivity contribution in [1.82, 2.24) is 0 Å². The van der Waals surface area contributed by atoms with Gasteiger partial charge in [-0.1, -0.05) is 35.3 Å². The third-order valence-corrected chi connectivity index (χ3v) is 5.02. The molecule has 8 heteroatoms. The number of hydrogen-bond donors (Lipinski definition) is 1. The van der Waals surface area contributed by atoms with E-state index in [1.54, 1.807) is 18.2 Å². The lowest BCUT2D eigenvalue weighted by Crippen LogP contribution is -2.34. The third kappa shape index (κ3) is 4.14. The van der Waals surface area contributed by atoms with Crippen LogP contribution in [0.2, 0.25) is 10.0 Å². The molecule has 0 spiro atoms. The molecule has 2 N–H and O–H groups in total. The summed E-state index contributed by atoms with van der Waals surface area (Å²) in [5, 5.41) is 0.322. The highest BCUT2D eigenvalue weighted by molar-refractivity contribution is 7.92. The number of nitrogens with zero attached hydrogens (tertiary/aromatic N) is 1. The minimum absolute atomic E-state index is 0.0210. The van der Waals surface area contributed by atoms with Gasteiger partial charge < -0.3 is 5.73 Å². The van der Waals surface area contributed by atoms with Gasteiger partial charge in [-0.2, -0.15) is 0 Å². The molecule has 4 nitrogen and oxygen atoms in total. The molecule has 0 aliphatic heterocycles. The summed E-state index contributed by atoms with van der Waals surface area (Å²) in [5.41, 5.74) is 6.99. The van der Waals surface area contributed by atoms with Crippen LogP contribution in [0.4, 0.5) is 10.1 Å². The number of benzene rings is 2. The molecular weight excluding hydrogens is 362 g/mol. The van der Waals surface area contributed by atoms with Crippen molar-refractivity contribution in [3.05, 3.63) is 52.3 Å². The first-order chi connectivity index (χ1) is 10.7. The minimum Gasteiger partial charge on any atom is -0.329 e. The van der Waals surface area contributed by atoms with Gasteiger partial charge in [0.25, 0.3) is 0 Å². The van der Waals surface area contributed by atoms with Crippen LogP contribution in [-0.2, 0) is 10.0 Å². The van der Waals surface area contributed by atoms with Crippen molar-refractivity contribution < 1.29 is 12.8 Å². The Morgan fingerprint density at radius 2 is 1.83 bits per heavy atom. The molecule has 0 amide bonds. The van der Waals surface area contributed by atoms with Crippen molar-refractivity contribution in [3.8, 4) is 11.1 Å². The minimum atomic E-state index is -3.47. The van der Waals surface area contributed by atoms with Gasteiger partial charge in [0.15, 0.2) is 0 Å². The highest BCUT2D eigenvalue weighted by atomic mass is 35.5. The van der Waals surface area contributed by atoms with Crippen LogP contribution in [0.1, 0.15) is 0 Å². The Morgan fingerprint density at radius 1 is 1.13 bits per heavy atom. The van der Waals surface area contributed by atoms with E-state index < -0.39 is 15.8 Å². The molecule has 2 aromatic rings. The zero-order valence-electron chi connectivity index (χ0n) is 12.3. The molecule has 0 aliphatic rings. The van der Waals surface area contributed by atoms with Gasteiger partial charge in [0.2, 0.25) is 10.0 Å². The van der Waals surface area contributed by atoms with Crippen LogP contribution in [0.5, 0.6) is 0 Å². The number of anilines is 1. The van der Waals surface area contributed by atoms with E-state index >= 15 is 0 Å². The van der Waals surface area contributed by atoms with E-state index in [2.05, 4.69) is 0 Å². The molecule has 124 valence electrons. The van der Waals surface area contributed by atoms with Crippen molar-refractivity contribution in [2.75, 3.05) is 23.7 Å². The van der Waals surface area contributed by atoms with Crippen molar-refractivity contribution in [1.29, 1.82) is 0 Å². The van der Waals surface area contributed by atoms with E-state index in [9.17, 15) is 12.8 Å². The average Bonchev–Trinajstić information content (AvgIpc) is 2.46. The van der Waals surface area contributed by atoms with Gasteiger partial charge in [-0.25, -0.2) is 12.8 Å². The van der Waals surface area contributed by atoms with E-state index in [0.717, 1.165) is 6.26 Å². The van der Waals surface area contributed by atoms with Crippen molar-refractivity contribution in [3.63, 3.8) is 0 Å². The Kier molecular flexibility index (Phi) is 5.52. The molecule has 0 radical (unpaired) electrons. The molecule has 0 heterocycles. The number of rotatable bonds is 5. The molecule has 2 aromatic carbocycles. The van der Waals surface area contributed by atoms with E-state index in [0.29, 0.717) is 21.8 Å². The van der Waals surface area contributed by atoms with Crippen LogP contribution < -0.4 is 10.0 Å². The summed E-state index contributed by atoms with van der Waals surface area (Å²) in [6, 6.07) is 9.10. The fourth-order valence-corrected chi connectivity index (χ4v) is 3.50. The molecule has 0 aromatic heterocycles. The van der Waals surface area contributed by atoms with Crippen LogP contribution in [0.15, 0.2) is 36.4 Å². The Bertz CT molecular complexity index is 828. The number of halogens is 3. The highest BCUT2D eigenvalue weighted by Crippen LogP contribution is 2.33. The van der Waals surface area contributed by atoms with E-state index in [-0.39, 0.29) is 18.1 Å². The third-order valence-electron chi connectivity index (χ3n) is 3.20. The van der Waals surface area contributed by atoms with Crippen LogP contribution in [0.3, 0.4) is 0 Å². The fourth-order valence-electron chi connectivity index (χ4n) is 2.16. The molecule has 23 heavy (non-hydrogen) atoms. The number of nitrogens with two attached hydrogens (primary N) is 1. The first-order valence-corrected chi connectivity index (χ1v) is 9.27. The molecular formula is C15H15Cl2FN2O2S. The lowest BCUT2D eigenvalue weighted by Gasteiger charge is -2.22. The van der Waals surface area contributed by atoms with Crippen molar-refractivity contribution in [2.45, 2.75) is 0 Å². The van der Waals surface area contributed by atoms with Gasteiger partial charge >= 0.3 is 0 Å². The van der Waals surface area contributed by atoms with Gasteiger partial charge in [0, 0.05) is 18.7 Å². The molecule has 0 saturated carbocycles. The maximum Gasteiger partial charge on any atom is 0.232 e. The topological polar surface area (TPSA) is 63.4 Å². The van der Waals surface area contributed by atoms with Crippen LogP contribution >= 0.6 is 23.2 Å². The second kappa shape index (κ2) is 7.05. The molecule has 0 unspecified atom stereocenters. The fraction of sp³-hybridized carbons (Fsp3) is 0.200. The van der Waals surface area contributed by atoms with Crippen molar-refractivity contribution >= 4 is 38.9 Å². The molecule has 2 rings (SSSR count). The largest absolute Gasteiger partial charge is 0.329 e. The van der Waals surface area contributed by atoms with Crippen LogP contribution in [0, 0.1) is 5.82 Å². The second-order valence-electron chi connectivity index (χ2n) is 4.92. The maximum absolute atomic E-state index is 13.6. The first kappa shape index (κ1) is 18.0. The SMILES string of the molecule is CS(=O)(=O)N(CCN)c1ccc(-c2ccc(Cl)c(F)c2)c(Cl)c1. The average molecular weight is 377 g/mol. The summed E-state index contributed by atoms with van der Waals surface area (Å²) >= 11 is 11.9. The Hall–Kier alpha value is -1.34. The zero-order chi connectivity index (χ0) is 17.2. The van der Waals surface area contributed by atoms with E-state index in [4.69, 9.17) is 28.9 Å². The zero-order valence-corrected chi connectivity index (χ0v) is 14.6. The summed E-state index contributed by atoms with van der Waals surface area (Å²) in [5.74, 6) is -0.551. The van der Waals surface area contributed by atoms with Crippen molar-refractivity contribution in [2.24, 2.45) is 5.73 Å². The molecule has 0 atom stereocenters. The monoisotopic (exact) mass is 376 g/mol.